The quantitative estimate of drug-likeness (QED) is 0.808. The Labute approximate surface area is 116 Å². The number of carbonyl (C=O) groups excluding carboxylic acids is 1. The molecule has 1 aromatic heterocycles. The van der Waals surface area contributed by atoms with Crippen molar-refractivity contribution in [1.29, 1.82) is 0 Å². The summed E-state index contributed by atoms with van der Waals surface area (Å²) >= 11 is 6.09. The molecule has 98 valence electrons. The first kappa shape index (κ1) is 13.6. The Morgan fingerprint density at radius 3 is 2.63 bits per heavy atom. The summed E-state index contributed by atoms with van der Waals surface area (Å²) in [7, 11) is 0. The van der Waals surface area contributed by atoms with Crippen molar-refractivity contribution in [3.63, 3.8) is 0 Å². The van der Waals surface area contributed by atoms with Gasteiger partial charge in [0.2, 0.25) is 0 Å². The molecule has 2 aromatic rings. The smallest absolute Gasteiger partial charge is 0.261 e. The van der Waals surface area contributed by atoms with Crippen molar-refractivity contribution in [2.24, 2.45) is 0 Å². The van der Waals surface area contributed by atoms with E-state index in [9.17, 15) is 9.59 Å². The van der Waals surface area contributed by atoms with Crippen LogP contribution in [0.3, 0.4) is 0 Å². The van der Waals surface area contributed by atoms with E-state index in [0.29, 0.717) is 11.6 Å². The first-order valence-corrected chi connectivity index (χ1v) is 6.32. The molecule has 0 spiro atoms. The van der Waals surface area contributed by atoms with Crippen molar-refractivity contribution in [1.82, 2.24) is 4.57 Å². The first-order valence-electron chi connectivity index (χ1n) is 5.94. The molecule has 2 rings (SSSR count). The molecular weight excluding hydrogens is 262 g/mol. The highest BCUT2D eigenvalue weighted by atomic mass is 35.5. The van der Waals surface area contributed by atoms with E-state index < -0.39 is 0 Å². The van der Waals surface area contributed by atoms with Gasteiger partial charge in [0, 0.05) is 11.2 Å². The standard InChI is InChI=1S/C15H14ClNO2/c1-10-7-13(11(2)18)15(19)17(8-10)9-12-5-3-4-6-14(12)16/h3-8H,9H2,1-2H3. The number of aromatic nitrogens is 1. The van der Waals surface area contributed by atoms with E-state index in [1.807, 2.05) is 25.1 Å². The first-order chi connectivity index (χ1) is 8.99. The lowest BCUT2D eigenvalue weighted by Crippen LogP contribution is -2.26. The van der Waals surface area contributed by atoms with Gasteiger partial charge < -0.3 is 4.57 Å². The number of Topliss-reactive ketones (excluding diaryl/α,β-unsaturated/α-hetero) is 1. The Hall–Kier alpha value is -1.87. The van der Waals surface area contributed by atoms with Crippen molar-refractivity contribution >= 4 is 17.4 Å². The SMILES string of the molecule is CC(=O)c1cc(C)cn(Cc2ccccc2Cl)c1=O. The number of carbonyl (C=O) groups is 1. The average molecular weight is 276 g/mol. The highest BCUT2D eigenvalue weighted by molar-refractivity contribution is 6.31. The second-order valence-corrected chi connectivity index (χ2v) is 4.92. The highest BCUT2D eigenvalue weighted by Gasteiger charge is 2.10. The van der Waals surface area contributed by atoms with Gasteiger partial charge in [0.05, 0.1) is 12.1 Å². The molecule has 0 N–H and O–H groups in total. The summed E-state index contributed by atoms with van der Waals surface area (Å²) in [5.41, 5.74) is 1.66. The summed E-state index contributed by atoms with van der Waals surface area (Å²) in [6, 6.07) is 8.97. The van der Waals surface area contributed by atoms with Crippen molar-refractivity contribution < 1.29 is 4.79 Å². The molecule has 0 unspecified atom stereocenters. The van der Waals surface area contributed by atoms with Gasteiger partial charge in [-0.15, -0.1) is 0 Å². The van der Waals surface area contributed by atoms with Crippen molar-refractivity contribution in [3.05, 3.63) is 68.6 Å². The largest absolute Gasteiger partial charge is 0.310 e. The lowest BCUT2D eigenvalue weighted by atomic mass is 10.1. The Morgan fingerprint density at radius 2 is 2.00 bits per heavy atom. The fraction of sp³-hybridized carbons (Fsp3) is 0.200. The fourth-order valence-electron chi connectivity index (χ4n) is 1.97. The summed E-state index contributed by atoms with van der Waals surface area (Å²) < 4.78 is 1.52. The summed E-state index contributed by atoms with van der Waals surface area (Å²) in [6.45, 7) is 3.62. The third-order valence-electron chi connectivity index (χ3n) is 2.90. The maximum atomic E-state index is 12.2. The molecule has 0 saturated carbocycles. The highest BCUT2D eigenvalue weighted by Crippen LogP contribution is 2.15. The van der Waals surface area contributed by atoms with Crippen molar-refractivity contribution in [2.75, 3.05) is 0 Å². The zero-order valence-electron chi connectivity index (χ0n) is 10.8. The van der Waals surface area contributed by atoms with Gasteiger partial charge in [-0.1, -0.05) is 29.8 Å². The zero-order chi connectivity index (χ0) is 14.0. The topological polar surface area (TPSA) is 39.1 Å². The molecule has 0 aliphatic rings. The Kier molecular flexibility index (Phi) is 3.86. The summed E-state index contributed by atoms with van der Waals surface area (Å²) in [6.07, 6.45) is 1.73. The normalized spacial score (nSPS) is 10.5. The molecule has 0 atom stereocenters. The van der Waals surface area contributed by atoms with Crippen LogP contribution in [0.15, 0.2) is 41.3 Å². The monoisotopic (exact) mass is 275 g/mol. The van der Waals surface area contributed by atoms with Crippen LogP contribution in [0.5, 0.6) is 0 Å². The van der Waals surface area contributed by atoms with Crippen LogP contribution in [0.1, 0.15) is 28.4 Å². The average Bonchev–Trinajstić information content (AvgIpc) is 2.35. The molecule has 0 fully saturated rings. The van der Waals surface area contributed by atoms with Crippen LogP contribution < -0.4 is 5.56 Å². The molecule has 1 heterocycles. The van der Waals surface area contributed by atoms with Crippen LogP contribution in [-0.4, -0.2) is 10.4 Å². The van der Waals surface area contributed by atoms with Crippen LogP contribution in [0.2, 0.25) is 5.02 Å². The van der Waals surface area contributed by atoms with E-state index in [0.717, 1.165) is 11.1 Å². The number of hydrogen-bond acceptors (Lipinski definition) is 2. The number of rotatable bonds is 3. The van der Waals surface area contributed by atoms with E-state index in [-0.39, 0.29) is 16.9 Å². The Morgan fingerprint density at radius 1 is 1.32 bits per heavy atom. The van der Waals surface area contributed by atoms with E-state index in [2.05, 4.69) is 0 Å². The lowest BCUT2D eigenvalue weighted by molar-refractivity contribution is 0.101. The molecule has 3 nitrogen and oxygen atoms in total. The lowest BCUT2D eigenvalue weighted by Gasteiger charge is -2.10. The minimum absolute atomic E-state index is 0.215. The molecule has 4 heteroatoms. The molecule has 0 aliphatic carbocycles. The van der Waals surface area contributed by atoms with Crippen molar-refractivity contribution in [3.8, 4) is 0 Å². The Balaban J connectivity index is 2.50. The van der Waals surface area contributed by atoms with Gasteiger partial charge >= 0.3 is 0 Å². The summed E-state index contributed by atoms with van der Waals surface area (Å²) in [4.78, 5) is 23.6. The molecule has 0 radical (unpaired) electrons. The predicted octanol–water partition coefficient (Wildman–Crippen LogP) is 3.06. The van der Waals surface area contributed by atoms with E-state index in [1.165, 1.54) is 11.5 Å². The minimum atomic E-state index is -0.280. The number of aryl methyl sites for hydroxylation is 1. The predicted molar refractivity (Wildman–Crippen MR) is 76.0 cm³/mol. The number of nitrogens with zero attached hydrogens (tertiary/aromatic N) is 1. The second kappa shape index (κ2) is 5.41. The third kappa shape index (κ3) is 2.93. The van der Waals surface area contributed by atoms with Crippen LogP contribution in [0.4, 0.5) is 0 Å². The number of pyridine rings is 1. The van der Waals surface area contributed by atoms with Gasteiger partial charge in [0.1, 0.15) is 0 Å². The molecule has 0 saturated heterocycles. The summed E-state index contributed by atoms with van der Waals surface area (Å²) in [5.74, 6) is -0.221. The second-order valence-electron chi connectivity index (χ2n) is 4.51. The number of ketones is 1. The molecule has 0 bridgehead atoms. The maximum absolute atomic E-state index is 12.2. The van der Waals surface area contributed by atoms with Crippen molar-refractivity contribution in [2.45, 2.75) is 20.4 Å². The maximum Gasteiger partial charge on any atom is 0.261 e. The fourth-order valence-corrected chi connectivity index (χ4v) is 2.16. The number of halogens is 1. The molecule has 0 amide bonds. The van der Waals surface area contributed by atoms with Crippen LogP contribution in [-0.2, 0) is 6.54 Å². The van der Waals surface area contributed by atoms with Gasteiger partial charge in [-0.2, -0.15) is 0 Å². The van der Waals surface area contributed by atoms with Crippen LogP contribution in [0, 0.1) is 6.92 Å². The summed E-state index contributed by atoms with van der Waals surface area (Å²) in [5, 5.41) is 0.611. The van der Waals surface area contributed by atoms with Gasteiger partial charge in [-0.3, -0.25) is 9.59 Å². The van der Waals surface area contributed by atoms with Crippen LogP contribution in [0.25, 0.3) is 0 Å². The van der Waals surface area contributed by atoms with E-state index in [1.54, 1.807) is 18.3 Å². The minimum Gasteiger partial charge on any atom is -0.310 e. The third-order valence-corrected chi connectivity index (χ3v) is 3.27. The zero-order valence-corrected chi connectivity index (χ0v) is 11.6. The molecule has 1 aromatic carbocycles. The Bertz CT molecular complexity index is 689. The van der Waals surface area contributed by atoms with Gasteiger partial charge in [0.25, 0.3) is 5.56 Å². The number of hydrogen-bond donors (Lipinski definition) is 0. The van der Waals surface area contributed by atoms with Gasteiger partial charge in [-0.25, -0.2) is 0 Å². The van der Waals surface area contributed by atoms with Gasteiger partial charge in [0.15, 0.2) is 5.78 Å². The van der Waals surface area contributed by atoms with E-state index in [4.69, 9.17) is 11.6 Å². The number of benzene rings is 1. The molecule has 19 heavy (non-hydrogen) atoms. The van der Waals surface area contributed by atoms with E-state index >= 15 is 0 Å². The molecule has 0 aliphatic heterocycles. The van der Waals surface area contributed by atoms with Gasteiger partial charge in [-0.05, 0) is 37.1 Å². The molecular formula is C15H14ClNO2. The van der Waals surface area contributed by atoms with Crippen LogP contribution >= 0.6 is 11.6 Å².